The van der Waals surface area contributed by atoms with Gasteiger partial charge in [0.15, 0.2) is 0 Å². The lowest BCUT2D eigenvalue weighted by molar-refractivity contribution is -0.107. The fourth-order valence-electron chi connectivity index (χ4n) is 0.687. The summed E-state index contributed by atoms with van der Waals surface area (Å²) in [7, 11) is 1.57. The summed E-state index contributed by atoms with van der Waals surface area (Å²) in [5.74, 6) is 0. The number of hydrogen-bond donors (Lipinski definition) is 2. The van der Waals surface area contributed by atoms with Crippen LogP contribution in [0, 0.1) is 0 Å². The minimum absolute atomic E-state index is 0.271. The minimum Gasteiger partial charge on any atom is -0.350 e. The molecule has 0 aromatic heterocycles. The number of primary amides is 1. The molecule has 0 spiro atoms. The molecule has 0 aromatic rings. The maximum Gasteiger partial charge on any atom is 0.423 e. The normalized spacial score (nSPS) is 13.1. The molecule has 0 rings (SSSR count). The second-order valence-electron chi connectivity index (χ2n) is 2.31. The Morgan fingerprint density at radius 2 is 2.27 bits per heavy atom. The highest BCUT2D eigenvalue weighted by molar-refractivity contribution is 5.64. The molecule has 5 nitrogen and oxygen atoms in total. The van der Waals surface area contributed by atoms with Crippen LogP contribution in [-0.2, 0) is 4.84 Å². The molecular formula is C6H15N3O2. The first-order valence-corrected chi connectivity index (χ1v) is 3.53. The Morgan fingerprint density at radius 3 is 2.64 bits per heavy atom. The second-order valence-corrected chi connectivity index (χ2v) is 2.31. The fourth-order valence-corrected chi connectivity index (χ4v) is 0.687. The van der Waals surface area contributed by atoms with E-state index >= 15 is 0 Å². The van der Waals surface area contributed by atoms with E-state index in [1.165, 1.54) is 5.06 Å². The molecule has 0 saturated carbocycles. The fraction of sp³-hybridized carbons (Fsp3) is 0.833. The smallest absolute Gasteiger partial charge is 0.350 e. The van der Waals surface area contributed by atoms with Crippen molar-refractivity contribution in [2.24, 2.45) is 11.5 Å². The lowest BCUT2D eigenvalue weighted by atomic mass is 10.3. The quantitative estimate of drug-likeness (QED) is 0.449. The number of hydroxylamine groups is 2. The van der Waals surface area contributed by atoms with Gasteiger partial charge in [-0.25, -0.2) is 4.79 Å². The first kappa shape index (κ1) is 10.2. The SMILES string of the molecule is CCCC(N)N(C)OC(N)=O. The van der Waals surface area contributed by atoms with E-state index in [2.05, 4.69) is 4.84 Å². The lowest BCUT2D eigenvalue weighted by Crippen LogP contribution is -2.41. The summed E-state index contributed by atoms with van der Waals surface area (Å²) < 4.78 is 0. The Hall–Kier alpha value is -0.810. The number of hydrogen-bond acceptors (Lipinski definition) is 4. The molecule has 0 bridgehead atoms. The van der Waals surface area contributed by atoms with Gasteiger partial charge in [0.05, 0.1) is 6.17 Å². The van der Waals surface area contributed by atoms with Crippen LogP contribution in [0.5, 0.6) is 0 Å². The van der Waals surface area contributed by atoms with Gasteiger partial charge in [-0.1, -0.05) is 13.3 Å². The van der Waals surface area contributed by atoms with Crippen LogP contribution in [0.4, 0.5) is 4.79 Å². The van der Waals surface area contributed by atoms with Crippen LogP contribution in [0.1, 0.15) is 19.8 Å². The first-order chi connectivity index (χ1) is 5.07. The number of rotatable bonds is 4. The first-order valence-electron chi connectivity index (χ1n) is 3.53. The average molecular weight is 161 g/mol. The van der Waals surface area contributed by atoms with E-state index in [1.54, 1.807) is 7.05 Å². The Morgan fingerprint density at radius 1 is 1.73 bits per heavy atom. The zero-order valence-corrected chi connectivity index (χ0v) is 6.91. The van der Waals surface area contributed by atoms with Gasteiger partial charge in [-0.15, -0.1) is 5.06 Å². The van der Waals surface area contributed by atoms with Crippen molar-refractivity contribution < 1.29 is 9.63 Å². The summed E-state index contributed by atoms with van der Waals surface area (Å²) in [4.78, 5) is 14.7. The third-order valence-electron chi connectivity index (χ3n) is 1.29. The zero-order valence-electron chi connectivity index (χ0n) is 6.91. The number of amides is 1. The Balaban J connectivity index is 3.63. The summed E-state index contributed by atoms with van der Waals surface area (Å²) >= 11 is 0. The zero-order chi connectivity index (χ0) is 8.85. The van der Waals surface area contributed by atoms with Gasteiger partial charge >= 0.3 is 6.09 Å². The molecule has 0 aliphatic rings. The van der Waals surface area contributed by atoms with Gasteiger partial charge in [-0.3, -0.25) is 0 Å². The van der Waals surface area contributed by atoms with Gasteiger partial charge in [-0.2, -0.15) is 0 Å². The average Bonchev–Trinajstić information content (AvgIpc) is 1.86. The molecule has 4 N–H and O–H groups in total. The van der Waals surface area contributed by atoms with Crippen LogP contribution in [0.3, 0.4) is 0 Å². The third kappa shape index (κ3) is 4.58. The molecule has 0 aliphatic carbocycles. The number of carbonyl (C=O) groups is 1. The van der Waals surface area contributed by atoms with Crippen LogP contribution >= 0.6 is 0 Å². The van der Waals surface area contributed by atoms with E-state index in [4.69, 9.17) is 11.5 Å². The molecule has 11 heavy (non-hydrogen) atoms. The molecule has 0 saturated heterocycles. The third-order valence-corrected chi connectivity index (χ3v) is 1.29. The lowest BCUT2D eigenvalue weighted by Gasteiger charge is -2.21. The van der Waals surface area contributed by atoms with Crippen molar-refractivity contribution in [2.75, 3.05) is 7.05 Å². The van der Waals surface area contributed by atoms with Crippen molar-refractivity contribution in [2.45, 2.75) is 25.9 Å². The van der Waals surface area contributed by atoms with Crippen molar-refractivity contribution in [1.29, 1.82) is 0 Å². The van der Waals surface area contributed by atoms with Gasteiger partial charge in [0.2, 0.25) is 0 Å². The van der Waals surface area contributed by atoms with Gasteiger partial charge in [0.25, 0.3) is 0 Å². The number of nitrogens with two attached hydrogens (primary N) is 2. The standard InChI is InChI=1S/C6H15N3O2/c1-3-4-5(7)9(2)11-6(8)10/h5H,3-4,7H2,1-2H3,(H2,8,10). The molecule has 1 atom stereocenters. The van der Waals surface area contributed by atoms with Crippen LogP contribution in [0.15, 0.2) is 0 Å². The highest BCUT2D eigenvalue weighted by atomic mass is 16.7. The predicted molar refractivity (Wildman–Crippen MR) is 41.3 cm³/mol. The predicted octanol–water partition coefficient (Wildman–Crippen LogP) is 0.0134. The van der Waals surface area contributed by atoms with Crippen molar-refractivity contribution in [3.05, 3.63) is 0 Å². The highest BCUT2D eigenvalue weighted by Crippen LogP contribution is 1.98. The van der Waals surface area contributed by atoms with E-state index in [9.17, 15) is 4.79 Å². The molecule has 0 aliphatic heterocycles. The number of carbonyl (C=O) groups excluding carboxylic acids is 1. The van der Waals surface area contributed by atoms with Crippen molar-refractivity contribution >= 4 is 6.09 Å². The van der Waals surface area contributed by atoms with E-state index in [0.717, 1.165) is 12.8 Å². The molecule has 1 unspecified atom stereocenters. The molecule has 5 heteroatoms. The molecule has 0 fully saturated rings. The molecular weight excluding hydrogens is 146 g/mol. The van der Waals surface area contributed by atoms with Crippen LogP contribution in [0.25, 0.3) is 0 Å². The van der Waals surface area contributed by atoms with Crippen LogP contribution in [0.2, 0.25) is 0 Å². The summed E-state index contributed by atoms with van der Waals surface area (Å²) in [6, 6.07) is 0. The second kappa shape index (κ2) is 4.92. The monoisotopic (exact) mass is 161 g/mol. The van der Waals surface area contributed by atoms with E-state index in [1.807, 2.05) is 6.92 Å². The topological polar surface area (TPSA) is 81.6 Å². The summed E-state index contributed by atoms with van der Waals surface area (Å²) in [5, 5.41) is 1.26. The van der Waals surface area contributed by atoms with Gasteiger partial charge in [0.1, 0.15) is 0 Å². The van der Waals surface area contributed by atoms with Crippen LogP contribution in [-0.4, -0.2) is 24.4 Å². The molecule has 0 aromatic carbocycles. The van der Waals surface area contributed by atoms with Gasteiger partial charge < -0.3 is 16.3 Å². The molecule has 1 amide bonds. The minimum atomic E-state index is -0.834. The Labute approximate surface area is 66.2 Å². The van der Waals surface area contributed by atoms with E-state index in [0.29, 0.717) is 0 Å². The van der Waals surface area contributed by atoms with E-state index < -0.39 is 6.09 Å². The van der Waals surface area contributed by atoms with Gasteiger partial charge in [0, 0.05) is 7.05 Å². The largest absolute Gasteiger partial charge is 0.423 e. The Bertz CT molecular complexity index is 129. The van der Waals surface area contributed by atoms with Gasteiger partial charge in [-0.05, 0) is 6.42 Å². The molecule has 0 radical (unpaired) electrons. The van der Waals surface area contributed by atoms with Crippen molar-refractivity contribution in [1.82, 2.24) is 5.06 Å². The maximum absolute atomic E-state index is 10.2. The summed E-state index contributed by atoms with van der Waals surface area (Å²) in [6.45, 7) is 2.00. The maximum atomic E-state index is 10.2. The van der Waals surface area contributed by atoms with Crippen LogP contribution < -0.4 is 11.5 Å². The van der Waals surface area contributed by atoms with Crippen molar-refractivity contribution in [3.63, 3.8) is 0 Å². The van der Waals surface area contributed by atoms with Crippen molar-refractivity contribution in [3.8, 4) is 0 Å². The molecule has 66 valence electrons. The highest BCUT2D eigenvalue weighted by Gasteiger charge is 2.10. The van der Waals surface area contributed by atoms with E-state index in [-0.39, 0.29) is 6.17 Å². The number of nitrogens with zero attached hydrogens (tertiary/aromatic N) is 1. The summed E-state index contributed by atoms with van der Waals surface area (Å²) in [5.41, 5.74) is 10.3. The molecule has 0 heterocycles. The Kier molecular flexibility index (Phi) is 4.56. The summed E-state index contributed by atoms with van der Waals surface area (Å²) in [6.07, 6.45) is 0.601.